The SMILES string of the molecule is Cc1cc(CC(C)Cc2ccc(C(C)C)c(C)n2)ccn1. The van der Waals surface area contributed by atoms with Gasteiger partial charge in [-0.1, -0.05) is 26.8 Å². The van der Waals surface area contributed by atoms with Gasteiger partial charge in [0.1, 0.15) is 0 Å². The monoisotopic (exact) mass is 282 g/mol. The van der Waals surface area contributed by atoms with Crippen molar-refractivity contribution in [2.75, 3.05) is 0 Å². The zero-order valence-electron chi connectivity index (χ0n) is 13.9. The lowest BCUT2D eigenvalue weighted by Crippen LogP contribution is -2.07. The summed E-state index contributed by atoms with van der Waals surface area (Å²) in [7, 11) is 0. The van der Waals surface area contributed by atoms with Crippen LogP contribution in [0.4, 0.5) is 0 Å². The first-order chi connectivity index (χ1) is 9.95. The van der Waals surface area contributed by atoms with Crippen LogP contribution in [0.1, 0.15) is 54.9 Å². The maximum atomic E-state index is 4.78. The van der Waals surface area contributed by atoms with Gasteiger partial charge >= 0.3 is 0 Å². The van der Waals surface area contributed by atoms with Gasteiger partial charge in [0.05, 0.1) is 0 Å². The van der Waals surface area contributed by atoms with Gasteiger partial charge in [0.2, 0.25) is 0 Å². The number of rotatable bonds is 5. The van der Waals surface area contributed by atoms with Crippen molar-refractivity contribution in [1.29, 1.82) is 0 Å². The van der Waals surface area contributed by atoms with Crippen molar-refractivity contribution in [3.05, 3.63) is 58.7 Å². The Balaban J connectivity index is 2.02. The second-order valence-corrected chi connectivity index (χ2v) is 6.45. The van der Waals surface area contributed by atoms with Crippen LogP contribution in [0.25, 0.3) is 0 Å². The van der Waals surface area contributed by atoms with E-state index in [1.54, 1.807) is 0 Å². The summed E-state index contributed by atoms with van der Waals surface area (Å²) in [5, 5.41) is 0. The summed E-state index contributed by atoms with van der Waals surface area (Å²) in [4.78, 5) is 9.04. The van der Waals surface area contributed by atoms with Crippen molar-refractivity contribution in [1.82, 2.24) is 9.97 Å². The number of hydrogen-bond acceptors (Lipinski definition) is 2. The molecule has 0 spiro atoms. The van der Waals surface area contributed by atoms with Gasteiger partial charge in [-0.25, -0.2) is 0 Å². The summed E-state index contributed by atoms with van der Waals surface area (Å²) in [6, 6.07) is 8.73. The third-order valence-corrected chi connectivity index (χ3v) is 3.91. The van der Waals surface area contributed by atoms with Crippen LogP contribution in [0.15, 0.2) is 30.5 Å². The molecular formula is C19H26N2. The zero-order valence-corrected chi connectivity index (χ0v) is 13.9. The molecule has 0 amide bonds. The minimum Gasteiger partial charge on any atom is -0.262 e. The molecule has 2 heteroatoms. The lowest BCUT2D eigenvalue weighted by Gasteiger charge is -2.14. The van der Waals surface area contributed by atoms with Crippen LogP contribution in [-0.2, 0) is 12.8 Å². The fourth-order valence-electron chi connectivity index (χ4n) is 2.91. The molecule has 2 nitrogen and oxygen atoms in total. The van der Waals surface area contributed by atoms with Crippen molar-refractivity contribution in [3.63, 3.8) is 0 Å². The van der Waals surface area contributed by atoms with E-state index in [1.165, 1.54) is 22.5 Å². The zero-order chi connectivity index (χ0) is 15.4. The molecule has 0 saturated carbocycles. The third kappa shape index (κ3) is 4.38. The maximum absolute atomic E-state index is 4.78. The van der Waals surface area contributed by atoms with Crippen LogP contribution in [0.5, 0.6) is 0 Å². The Kier molecular flexibility index (Phi) is 5.11. The van der Waals surface area contributed by atoms with Gasteiger partial charge in [0.15, 0.2) is 0 Å². The molecule has 0 aromatic carbocycles. The minimum absolute atomic E-state index is 0.545. The van der Waals surface area contributed by atoms with E-state index < -0.39 is 0 Å². The Morgan fingerprint density at radius 1 is 1.00 bits per heavy atom. The number of aromatic nitrogens is 2. The first kappa shape index (κ1) is 15.7. The molecule has 2 aromatic rings. The fraction of sp³-hybridized carbons (Fsp3) is 0.474. The minimum atomic E-state index is 0.545. The van der Waals surface area contributed by atoms with Crippen molar-refractivity contribution in [2.45, 2.75) is 53.4 Å². The normalized spacial score (nSPS) is 12.7. The smallest absolute Gasteiger partial charge is 0.0410 e. The van der Waals surface area contributed by atoms with Gasteiger partial charge < -0.3 is 0 Å². The molecule has 2 rings (SSSR count). The van der Waals surface area contributed by atoms with E-state index in [0.717, 1.165) is 18.5 Å². The fourth-order valence-corrected chi connectivity index (χ4v) is 2.91. The van der Waals surface area contributed by atoms with Gasteiger partial charge in [-0.2, -0.15) is 0 Å². The van der Waals surface area contributed by atoms with Crippen LogP contribution < -0.4 is 0 Å². The van der Waals surface area contributed by atoms with Crippen molar-refractivity contribution in [3.8, 4) is 0 Å². The number of pyridine rings is 2. The summed E-state index contributed by atoms with van der Waals surface area (Å²) in [5.41, 5.74) is 6.20. The second kappa shape index (κ2) is 6.84. The Morgan fingerprint density at radius 2 is 1.76 bits per heavy atom. The molecule has 0 saturated heterocycles. The summed E-state index contributed by atoms with van der Waals surface area (Å²) in [6.07, 6.45) is 4.01. The van der Waals surface area contributed by atoms with E-state index in [0.29, 0.717) is 11.8 Å². The first-order valence-electron chi connectivity index (χ1n) is 7.83. The maximum Gasteiger partial charge on any atom is 0.0410 e. The van der Waals surface area contributed by atoms with E-state index in [2.05, 4.69) is 56.9 Å². The molecule has 0 fully saturated rings. The van der Waals surface area contributed by atoms with E-state index in [1.807, 2.05) is 13.1 Å². The molecule has 0 N–H and O–H groups in total. The van der Waals surface area contributed by atoms with E-state index in [4.69, 9.17) is 4.98 Å². The van der Waals surface area contributed by atoms with Gasteiger partial charge in [-0.3, -0.25) is 9.97 Å². The lowest BCUT2D eigenvalue weighted by molar-refractivity contribution is 0.567. The number of hydrogen-bond donors (Lipinski definition) is 0. The molecule has 21 heavy (non-hydrogen) atoms. The predicted molar refractivity (Wildman–Crippen MR) is 88.6 cm³/mol. The molecule has 0 aliphatic heterocycles. The Hall–Kier alpha value is -1.70. The quantitative estimate of drug-likeness (QED) is 0.798. The first-order valence-corrected chi connectivity index (χ1v) is 7.83. The molecule has 1 atom stereocenters. The van der Waals surface area contributed by atoms with E-state index in [-0.39, 0.29) is 0 Å². The van der Waals surface area contributed by atoms with E-state index >= 15 is 0 Å². The highest BCUT2D eigenvalue weighted by molar-refractivity contribution is 5.25. The number of aryl methyl sites for hydroxylation is 2. The number of nitrogens with zero attached hydrogens (tertiary/aromatic N) is 2. The highest BCUT2D eigenvalue weighted by atomic mass is 14.7. The van der Waals surface area contributed by atoms with Crippen LogP contribution in [0.2, 0.25) is 0 Å². The summed E-state index contributed by atoms with van der Waals surface area (Å²) in [6.45, 7) is 10.9. The Labute approximate surface area is 128 Å². The molecule has 112 valence electrons. The molecular weight excluding hydrogens is 256 g/mol. The topological polar surface area (TPSA) is 25.8 Å². The molecule has 0 bridgehead atoms. The van der Waals surface area contributed by atoms with Crippen LogP contribution >= 0.6 is 0 Å². The molecule has 2 heterocycles. The molecule has 2 aromatic heterocycles. The average Bonchev–Trinajstić information content (AvgIpc) is 2.38. The Morgan fingerprint density at radius 3 is 2.38 bits per heavy atom. The van der Waals surface area contributed by atoms with Gasteiger partial charge in [0, 0.05) is 23.3 Å². The van der Waals surface area contributed by atoms with Gasteiger partial charge in [0.25, 0.3) is 0 Å². The van der Waals surface area contributed by atoms with Crippen LogP contribution in [0.3, 0.4) is 0 Å². The Bertz CT molecular complexity index is 602. The molecule has 1 unspecified atom stereocenters. The van der Waals surface area contributed by atoms with Crippen molar-refractivity contribution < 1.29 is 0 Å². The molecule has 0 aliphatic carbocycles. The van der Waals surface area contributed by atoms with Gasteiger partial charge in [-0.05, 0) is 67.9 Å². The highest BCUT2D eigenvalue weighted by Crippen LogP contribution is 2.19. The van der Waals surface area contributed by atoms with Crippen molar-refractivity contribution in [2.24, 2.45) is 5.92 Å². The van der Waals surface area contributed by atoms with Gasteiger partial charge in [-0.15, -0.1) is 0 Å². The standard InChI is InChI=1S/C19H26N2/c1-13(2)19-7-6-18(21-16(19)5)11-14(3)10-17-8-9-20-15(4)12-17/h6-9,12-14H,10-11H2,1-5H3. The average molecular weight is 282 g/mol. The third-order valence-electron chi connectivity index (χ3n) is 3.91. The second-order valence-electron chi connectivity index (χ2n) is 6.45. The van der Waals surface area contributed by atoms with E-state index in [9.17, 15) is 0 Å². The van der Waals surface area contributed by atoms with Crippen LogP contribution in [0, 0.1) is 19.8 Å². The highest BCUT2D eigenvalue weighted by Gasteiger charge is 2.09. The lowest BCUT2D eigenvalue weighted by atomic mass is 9.95. The molecule has 0 aliphatic rings. The largest absolute Gasteiger partial charge is 0.262 e. The molecule has 0 radical (unpaired) electrons. The van der Waals surface area contributed by atoms with Crippen molar-refractivity contribution >= 4 is 0 Å². The summed E-state index contributed by atoms with van der Waals surface area (Å²) < 4.78 is 0. The predicted octanol–water partition coefficient (Wildman–Crippen LogP) is 4.64. The summed E-state index contributed by atoms with van der Waals surface area (Å²) in [5.74, 6) is 1.13. The van der Waals surface area contributed by atoms with Crippen LogP contribution in [-0.4, -0.2) is 9.97 Å². The summed E-state index contributed by atoms with van der Waals surface area (Å²) >= 11 is 0.